The van der Waals surface area contributed by atoms with Crippen molar-refractivity contribution in [3.63, 3.8) is 0 Å². The van der Waals surface area contributed by atoms with Crippen molar-refractivity contribution in [3.05, 3.63) is 24.3 Å². The Labute approximate surface area is 157 Å². The van der Waals surface area contributed by atoms with Crippen LogP contribution in [0.3, 0.4) is 0 Å². The fraction of sp³-hybridized carbons (Fsp3) is 0.762. The van der Waals surface area contributed by atoms with Gasteiger partial charge in [0.15, 0.2) is 6.29 Å². The van der Waals surface area contributed by atoms with Gasteiger partial charge in [-0.2, -0.15) is 0 Å². The van der Waals surface area contributed by atoms with Gasteiger partial charge in [-0.1, -0.05) is 50.5 Å². The maximum Gasteiger partial charge on any atom is 0.303 e. The first-order chi connectivity index (χ1) is 12.6. The minimum atomic E-state index is -0.740. The van der Waals surface area contributed by atoms with Gasteiger partial charge in [0.2, 0.25) is 0 Å². The first kappa shape index (κ1) is 21.1. The zero-order valence-corrected chi connectivity index (χ0v) is 15.9. The second-order valence-corrected chi connectivity index (χ2v) is 7.46. The van der Waals surface area contributed by atoms with Crippen molar-refractivity contribution >= 4 is 5.97 Å². The molecule has 26 heavy (non-hydrogen) atoms. The maximum absolute atomic E-state index is 10.5. The highest BCUT2D eigenvalue weighted by atomic mass is 16.7. The molecule has 0 spiro atoms. The zero-order chi connectivity index (χ0) is 18.8. The van der Waals surface area contributed by atoms with E-state index in [1.165, 1.54) is 0 Å². The fourth-order valence-corrected chi connectivity index (χ4v) is 3.75. The van der Waals surface area contributed by atoms with E-state index in [2.05, 4.69) is 19.1 Å². The number of aliphatic hydroxyl groups excluding tert-OH is 1. The van der Waals surface area contributed by atoms with Crippen LogP contribution >= 0.6 is 0 Å². The van der Waals surface area contributed by atoms with Gasteiger partial charge in [-0.3, -0.25) is 4.79 Å². The molecule has 2 fully saturated rings. The van der Waals surface area contributed by atoms with Crippen LogP contribution in [0.1, 0.15) is 64.7 Å². The number of aliphatic hydroxyl groups is 1. The van der Waals surface area contributed by atoms with E-state index in [0.29, 0.717) is 18.3 Å². The monoisotopic (exact) mass is 366 g/mol. The number of carbonyl (C=O) groups is 1. The van der Waals surface area contributed by atoms with Crippen molar-refractivity contribution in [2.75, 3.05) is 6.61 Å². The highest BCUT2D eigenvalue weighted by Gasteiger charge is 2.42. The molecule has 0 amide bonds. The number of carboxylic acid groups (broad SMARTS) is 1. The zero-order valence-electron chi connectivity index (χ0n) is 15.9. The van der Waals surface area contributed by atoms with E-state index in [4.69, 9.17) is 14.6 Å². The van der Waals surface area contributed by atoms with Gasteiger partial charge < -0.3 is 19.7 Å². The number of allylic oxidation sites excluding steroid dienone is 2. The molecule has 5 nitrogen and oxygen atoms in total. The number of hydrogen-bond donors (Lipinski definition) is 2. The van der Waals surface area contributed by atoms with Gasteiger partial charge in [0.05, 0.1) is 18.8 Å². The average molecular weight is 366 g/mol. The Bertz CT molecular complexity index is 473. The van der Waals surface area contributed by atoms with Gasteiger partial charge in [0.25, 0.3) is 0 Å². The first-order valence-corrected chi connectivity index (χ1v) is 10.1. The molecule has 2 heterocycles. The van der Waals surface area contributed by atoms with Gasteiger partial charge in [-0.05, 0) is 37.5 Å². The third-order valence-electron chi connectivity index (χ3n) is 5.29. The van der Waals surface area contributed by atoms with E-state index in [1.54, 1.807) is 0 Å². The molecule has 5 heteroatoms. The Morgan fingerprint density at radius 3 is 2.88 bits per heavy atom. The smallest absolute Gasteiger partial charge is 0.303 e. The van der Waals surface area contributed by atoms with E-state index < -0.39 is 12.1 Å². The lowest BCUT2D eigenvalue weighted by atomic mass is 9.81. The molecule has 0 saturated carbocycles. The quantitative estimate of drug-likeness (QED) is 0.402. The van der Waals surface area contributed by atoms with Gasteiger partial charge in [-0.25, -0.2) is 0 Å². The summed E-state index contributed by atoms with van der Waals surface area (Å²) in [5.41, 5.74) is 0. The predicted octanol–water partition coefficient (Wildman–Crippen LogP) is 4.06. The summed E-state index contributed by atoms with van der Waals surface area (Å²) in [6.45, 7) is 2.90. The largest absolute Gasteiger partial charge is 0.481 e. The molecular weight excluding hydrogens is 332 g/mol. The molecular formula is C21H34O5. The Morgan fingerprint density at radius 2 is 2.12 bits per heavy atom. The summed E-state index contributed by atoms with van der Waals surface area (Å²) in [4.78, 5) is 10.5. The third-order valence-corrected chi connectivity index (χ3v) is 5.29. The van der Waals surface area contributed by atoms with E-state index in [-0.39, 0.29) is 18.8 Å². The maximum atomic E-state index is 10.5. The van der Waals surface area contributed by atoms with Crippen molar-refractivity contribution in [2.24, 2.45) is 11.8 Å². The summed E-state index contributed by atoms with van der Waals surface area (Å²) >= 11 is 0. The molecule has 0 aromatic heterocycles. The van der Waals surface area contributed by atoms with Crippen LogP contribution in [0, 0.1) is 11.8 Å². The number of hydrogen-bond acceptors (Lipinski definition) is 4. The topological polar surface area (TPSA) is 76.0 Å². The summed E-state index contributed by atoms with van der Waals surface area (Å²) in [5, 5.41) is 18.8. The summed E-state index contributed by atoms with van der Waals surface area (Å²) in [5.74, 6) is 0.101. The van der Waals surface area contributed by atoms with Crippen molar-refractivity contribution < 1.29 is 24.5 Å². The first-order valence-electron chi connectivity index (χ1n) is 10.1. The molecule has 5 atom stereocenters. The molecule has 2 bridgehead atoms. The SMILES string of the molecule is CCCCC[C@H](O)C=CC1O[C@H]2C[C@H](CO2)[C@@H]1CC=CCCCC(=O)O. The highest BCUT2D eigenvalue weighted by Crippen LogP contribution is 2.39. The van der Waals surface area contributed by atoms with E-state index in [1.807, 2.05) is 12.2 Å². The van der Waals surface area contributed by atoms with Gasteiger partial charge in [-0.15, -0.1) is 0 Å². The molecule has 2 aliphatic heterocycles. The second kappa shape index (κ2) is 11.5. The van der Waals surface area contributed by atoms with Gasteiger partial charge in [0, 0.05) is 12.8 Å². The van der Waals surface area contributed by atoms with Crippen LogP contribution < -0.4 is 0 Å². The number of carboxylic acids is 1. The second-order valence-electron chi connectivity index (χ2n) is 7.46. The van der Waals surface area contributed by atoms with Crippen LogP contribution in [0.2, 0.25) is 0 Å². The summed E-state index contributed by atoms with van der Waals surface area (Å²) in [6.07, 6.45) is 15.3. The lowest BCUT2D eigenvalue weighted by Crippen LogP contribution is -2.35. The van der Waals surface area contributed by atoms with Crippen molar-refractivity contribution in [3.8, 4) is 0 Å². The highest BCUT2D eigenvalue weighted by molar-refractivity contribution is 5.66. The van der Waals surface area contributed by atoms with Crippen LogP contribution in [-0.4, -0.2) is 41.3 Å². The Hall–Kier alpha value is -1.17. The average Bonchev–Trinajstić information content (AvgIpc) is 3.00. The molecule has 0 aromatic rings. The van der Waals surface area contributed by atoms with E-state index >= 15 is 0 Å². The molecule has 0 aromatic carbocycles. The lowest BCUT2D eigenvalue weighted by Gasteiger charge is -2.33. The van der Waals surface area contributed by atoms with Gasteiger partial charge >= 0.3 is 5.97 Å². The number of unbranched alkanes of at least 4 members (excludes halogenated alkanes) is 3. The molecule has 0 aliphatic carbocycles. The summed E-state index contributed by atoms with van der Waals surface area (Å²) < 4.78 is 11.7. The third kappa shape index (κ3) is 7.22. The number of rotatable bonds is 12. The molecule has 0 radical (unpaired) electrons. The Balaban J connectivity index is 1.82. The van der Waals surface area contributed by atoms with Crippen LogP contribution in [0.15, 0.2) is 24.3 Å². The van der Waals surface area contributed by atoms with Crippen molar-refractivity contribution in [2.45, 2.75) is 83.2 Å². The molecule has 2 rings (SSSR count). The summed E-state index contributed by atoms with van der Waals surface area (Å²) in [6, 6.07) is 0. The molecule has 2 saturated heterocycles. The van der Waals surface area contributed by atoms with E-state index in [9.17, 15) is 9.90 Å². The fourth-order valence-electron chi connectivity index (χ4n) is 3.75. The van der Waals surface area contributed by atoms with Crippen LogP contribution in [0.5, 0.6) is 0 Å². The van der Waals surface area contributed by atoms with Crippen LogP contribution in [0.25, 0.3) is 0 Å². The normalized spacial score (nSPS) is 29.6. The minimum absolute atomic E-state index is 0.0225. The molecule has 148 valence electrons. The van der Waals surface area contributed by atoms with Gasteiger partial charge in [0.1, 0.15) is 0 Å². The van der Waals surface area contributed by atoms with Crippen molar-refractivity contribution in [1.82, 2.24) is 0 Å². The Morgan fingerprint density at radius 1 is 1.27 bits per heavy atom. The Kier molecular flexibility index (Phi) is 9.37. The van der Waals surface area contributed by atoms with Crippen molar-refractivity contribution in [1.29, 1.82) is 0 Å². The van der Waals surface area contributed by atoms with Crippen LogP contribution in [-0.2, 0) is 14.3 Å². The summed E-state index contributed by atoms with van der Waals surface area (Å²) in [7, 11) is 0. The number of aliphatic carboxylic acids is 1. The number of fused-ring (bicyclic) bond motifs is 2. The lowest BCUT2D eigenvalue weighted by molar-refractivity contribution is -0.147. The number of ether oxygens (including phenoxy) is 2. The van der Waals surface area contributed by atoms with E-state index in [0.717, 1.165) is 51.6 Å². The molecule has 2 N–H and O–H groups in total. The predicted molar refractivity (Wildman–Crippen MR) is 101 cm³/mol. The minimum Gasteiger partial charge on any atom is -0.481 e. The molecule has 1 unspecified atom stereocenters. The van der Waals surface area contributed by atoms with Crippen LogP contribution in [0.4, 0.5) is 0 Å². The molecule has 2 aliphatic rings. The standard InChI is InChI=1S/C21H34O5/c1-2-3-6-9-17(22)12-13-19-18(16-14-21(26-19)25-15-16)10-7-4-5-8-11-20(23)24/h4,7,12-13,16-19,21-22H,2-3,5-6,8-11,14-15H2,1H3,(H,23,24)/t16-,17+,18+,19?,21+/m1/s1.